The number of β-amino-alcohol motifs (C(OH)–C–C–N with tert-alkyl or cyclic N) is 1. The SMILES string of the molecule is Cc1ncsc1-c1ccc([C@H](C)NC(=O)[C@@H]2C[C@@H](O)CN2C(=O)C(NC(=O)CN2CCN(c3ccc(-c4cnnc(-c5ccccc5F)c4)cc3)CC2)C(C)(C)C)cc1. The number of aliphatic hydroxyl groups is 1. The van der Waals surface area contributed by atoms with Crippen molar-refractivity contribution in [2.45, 2.75) is 65.3 Å². The molecule has 14 heteroatoms. The molecule has 0 aliphatic carbocycles. The average molecular weight is 819 g/mol. The summed E-state index contributed by atoms with van der Waals surface area (Å²) in [5, 5.41) is 25.0. The van der Waals surface area contributed by atoms with Crippen molar-refractivity contribution in [2.75, 3.05) is 44.2 Å². The van der Waals surface area contributed by atoms with Crippen molar-refractivity contribution in [1.29, 1.82) is 0 Å². The lowest BCUT2D eigenvalue weighted by atomic mass is 9.85. The lowest BCUT2D eigenvalue weighted by Gasteiger charge is -2.37. The number of carbonyl (C=O) groups excluding carboxylic acids is 3. The van der Waals surface area contributed by atoms with Gasteiger partial charge >= 0.3 is 0 Å². The van der Waals surface area contributed by atoms with Crippen LogP contribution in [0, 0.1) is 18.2 Å². The van der Waals surface area contributed by atoms with Crippen LogP contribution >= 0.6 is 11.3 Å². The van der Waals surface area contributed by atoms with E-state index in [1.807, 2.05) is 94.7 Å². The Hall–Kier alpha value is -5.57. The molecule has 4 heterocycles. The van der Waals surface area contributed by atoms with Crippen LogP contribution in [0.15, 0.2) is 90.6 Å². The van der Waals surface area contributed by atoms with Crippen LogP contribution in [0.4, 0.5) is 10.1 Å². The molecule has 0 spiro atoms. The van der Waals surface area contributed by atoms with E-state index in [0.29, 0.717) is 37.4 Å². The molecule has 1 unspecified atom stereocenters. The summed E-state index contributed by atoms with van der Waals surface area (Å²) >= 11 is 1.58. The standard InChI is InChI=1S/C45H51FN8O4S/c1-28(30-10-12-32(13-11-30)41-29(2)47-27-59-41)49-43(57)39-23-35(55)25-54(39)44(58)42(45(3,4)5)50-40(56)26-52-18-20-53(21-19-52)34-16-14-31(15-17-34)33-22-38(51-48-24-33)36-8-6-7-9-37(36)46/h6-17,22,24,27-28,35,39,42,55H,18-21,23,25-26H2,1-5H3,(H,49,57)(H,50,56)/t28-,35+,39-,42?/m0/s1. The van der Waals surface area contributed by atoms with E-state index in [9.17, 15) is 23.9 Å². The molecule has 59 heavy (non-hydrogen) atoms. The first-order valence-electron chi connectivity index (χ1n) is 20.0. The molecule has 12 nitrogen and oxygen atoms in total. The van der Waals surface area contributed by atoms with Gasteiger partial charge in [0.05, 0.1) is 46.7 Å². The zero-order valence-corrected chi connectivity index (χ0v) is 34.9. The molecule has 4 atom stereocenters. The summed E-state index contributed by atoms with van der Waals surface area (Å²) in [5.74, 6) is -1.36. The van der Waals surface area contributed by atoms with Gasteiger partial charge in [0, 0.05) is 56.0 Å². The normalized spacial score (nSPS) is 18.4. The van der Waals surface area contributed by atoms with Crippen molar-refractivity contribution >= 4 is 34.7 Å². The molecule has 2 fully saturated rings. The first kappa shape index (κ1) is 41.6. The molecule has 2 saturated heterocycles. The first-order chi connectivity index (χ1) is 28.2. The first-order valence-corrected chi connectivity index (χ1v) is 20.9. The van der Waals surface area contributed by atoms with E-state index in [2.05, 4.69) is 35.6 Å². The Morgan fingerprint density at radius 1 is 0.932 bits per heavy atom. The van der Waals surface area contributed by atoms with Crippen LogP contribution in [0.3, 0.4) is 0 Å². The summed E-state index contributed by atoms with van der Waals surface area (Å²) in [6.45, 7) is 12.4. The number of amides is 3. The minimum atomic E-state index is -0.908. The Kier molecular flexibility index (Phi) is 12.5. The Balaban J connectivity index is 0.924. The number of likely N-dealkylation sites (tertiary alicyclic amines) is 1. The zero-order chi connectivity index (χ0) is 41.8. The van der Waals surface area contributed by atoms with Crippen molar-refractivity contribution in [3.8, 4) is 32.8 Å². The number of carbonyl (C=O) groups is 3. The fourth-order valence-electron chi connectivity index (χ4n) is 7.78. The number of piperazine rings is 1. The predicted molar refractivity (Wildman–Crippen MR) is 228 cm³/mol. The molecule has 0 saturated carbocycles. The van der Waals surface area contributed by atoms with Crippen LogP contribution in [0.25, 0.3) is 32.8 Å². The van der Waals surface area contributed by atoms with E-state index in [0.717, 1.165) is 38.5 Å². The van der Waals surface area contributed by atoms with Crippen LogP contribution in [0.5, 0.6) is 0 Å². The maximum absolute atomic E-state index is 14.4. The van der Waals surface area contributed by atoms with E-state index in [4.69, 9.17) is 0 Å². The highest BCUT2D eigenvalue weighted by molar-refractivity contribution is 7.13. The van der Waals surface area contributed by atoms with Crippen LogP contribution < -0.4 is 15.5 Å². The molecular formula is C45H51FN8O4S. The minimum Gasteiger partial charge on any atom is -0.391 e. The molecule has 3 N–H and O–H groups in total. The highest BCUT2D eigenvalue weighted by atomic mass is 32.1. The van der Waals surface area contributed by atoms with E-state index >= 15 is 0 Å². The quantitative estimate of drug-likeness (QED) is 0.149. The number of hydrogen-bond donors (Lipinski definition) is 3. The van der Waals surface area contributed by atoms with Crippen molar-refractivity contribution in [3.63, 3.8) is 0 Å². The third-order valence-electron chi connectivity index (χ3n) is 11.2. The van der Waals surface area contributed by atoms with Gasteiger partial charge in [-0.25, -0.2) is 9.37 Å². The second-order valence-electron chi connectivity index (χ2n) is 16.5. The highest BCUT2D eigenvalue weighted by Gasteiger charge is 2.45. The second kappa shape index (κ2) is 17.7. The number of thiazole rings is 1. The lowest BCUT2D eigenvalue weighted by molar-refractivity contribution is -0.144. The van der Waals surface area contributed by atoms with Crippen LogP contribution in [-0.2, 0) is 14.4 Å². The number of hydrogen-bond acceptors (Lipinski definition) is 10. The highest BCUT2D eigenvalue weighted by Crippen LogP contribution is 2.31. The summed E-state index contributed by atoms with van der Waals surface area (Å²) in [6.07, 6.45) is 0.920. The number of rotatable bonds is 11. The smallest absolute Gasteiger partial charge is 0.246 e. The number of anilines is 1. The number of halogens is 1. The largest absolute Gasteiger partial charge is 0.391 e. The second-order valence-corrected chi connectivity index (χ2v) is 17.4. The van der Waals surface area contributed by atoms with Gasteiger partial charge in [-0.3, -0.25) is 19.3 Å². The van der Waals surface area contributed by atoms with Crippen molar-refractivity contribution in [2.24, 2.45) is 5.41 Å². The third kappa shape index (κ3) is 9.67. The lowest BCUT2D eigenvalue weighted by Crippen LogP contribution is -2.59. The van der Waals surface area contributed by atoms with Gasteiger partial charge < -0.3 is 25.5 Å². The molecule has 2 aliphatic rings. The molecule has 0 radical (unpaired) electrons. The van der Waals surface area contributed by atoms with Crippen LogP contribution in [-0.4, -0.2) is 105 Å². The molecule has 2 aliphatic heterocycles. The van der Waals surface area contributed by atoms with Crippen molar-refractivity contribution < 1.29 is 23.9 Å². The molecule has 308 valence electrons. The van der Waals surface area contributed by atoms with Crippen LogP contribution in [0.2, 0.25) is 0 Å². The number of benzene rings is 3. The van der Waals surface area contributed by atoms with E-state index < -0.39 is 29.5 Å². The Morgan fingerprint density at radius 2 is 1.63 bits per heavy atom. The molecule has 2 aromatic heterocycles. The third-order valence-corrected chi connectivity index (χ3v) is 12.1. The zero-order valence-electron chi connectivity index (χ0n) is 34.1. The minimum absolute atomic E-state index is 0.00768. The predicted octanol–water partition coefficient (Wildman–Crippen LogP) is 5.87. The van der Waals surface area contributed by atoms with Gasteiger partial charge in [0.2, 0.25) is 17.7 Å². The number of nitrogens with one attached hydrogen (secondary N) is 2. The number of nitrogens with zero attached hydrogens (tertiary/aromatic N) is 6. The van der Waals surface area contributed by atoms with Crippen LogP contribution in [0.1, 0.15) is 51.4 Å². The summed E-state index contributed by atoms with van der Waals surface area (Å²) in [6, 6.07) is 22.3. The fourth-order valence-corrected chi connectivity index (χ4v) is 8.59. The summed E-state index contributed by atoms with van der Waals surface area (Å²) in [5.41, 5.74) is 7.79. The molecular weight excluding hydrogens is 768 g/mol. The Labute approximate surface area is 348 Å². The summed E-state index contributed by atoms with van der Waals surface area (Å²) in [4.78, 5) is 52.6. The summed E-state index contributed by atoms with van der Waals surface area (Å²) in [7, 11) is 0. The Morgan fingerprint density at radius 3 is 2.29 bits per heavy atom. The molecule has 0 bridgehead atoms. The number of aliphatic hydroxyl groups excluding tert-OH is 1. The van der Waals surface area contributed by atoms with Crippen molar-refractivity contribution in [3.05, 3.63) is 108 Å². The maximum atomic E-state index is 14.4. The van der Waals surface area contributed by atoms with E-state index in [1.54, 1.807) is 35.7 Å². The average Bonchev–Trinajstić information content (AvgIpc) is 3.85. The van der Waals surface area contributed by atoms with Crippen molar-refractivity contribution in [1.82, 2.24) is 35.6 Å². The molecule has 3 aromatic carbocycles. The molecule has 3 amide bonds. The topological polar surface area (TPSA) is 144 Å². The van der Waals surface area contributed by atoms with Gasteiger partial charge in [-0.2, -0.15) is 10.2 Å². The molecule has 7 rings (SSSR count). The Bertz CT molecular complexity index is 2270. The van der Waals surface area contributed by atoms with E-state index in [1.165, 1.54) is 11.0 Å². The van der Waals surface area contributed by atoms with Gasteiger partial charge in [0.15, 0.2) is 0 Å². The van der Waals surface area contributed by atoms with Gasteiger partial charge in [0.25, 0.3) is 0 Å². The van der Waals surface area contributed by atoms with E-state index in [-0.39, 0.29) is 43.2 Å². The monoisotopic (exact) mass is 818 g/mol. The summed E-state index contributed by atoms with van der Waals surface area (Å²) < 4.78 is 14.4. The number of aromatic nitrogens is 3. The number of aryl methyl sites for hydroxylation is 1. The van der Waals surface area contributed by atoms with Gasteiger partial charge in [-0.1, -0.05) is 69.3 Å². The van der Waals surface area contributed by atoms with Gasteiger partial charge in [-0.15, -0.1) is 11.3 Å². The van der Waals surface area contributed by atoms with Gasteiger partial charge in [-0.05, 0) is 66.3 Å². The fraction of sp³-hybridized carbons (Fsp3) is 0.378. The maximum Gasteiger partial charge on any atom is 0.246 e. The molecule has 5 aromatic rings. The van der Waals surface area contributed by atoms with Gasteiger partial charge in [0.1, 0.15) is 17.9 Å².